The highest BCUT2D eigenvalue weighted by Crippen LogP contribution is 2.33. The molecule has 162 valence electrons. The molecule has 1 atom stereocenters. The lowest BCUT2D eigenvalue weighted by atomic mass is 9.86. The number of benzene rings is 1. The molecule has 0 bridgehead atoms. The van der Waals surface area contributed by atoms with E-state index in [1.807, 2.05) is 53.3 Å². The molecule has 6 nitrogen and oxygen atoms in total. The summed E-state index contributed by atoms with van der Waals surface area (Å²) in [7, 11) is 0. The number of hydrogen-bond donors (Lipinski definition) is 1. The van der Waals surface area contributed by atoms with E-state index in [4.69, 9.17) is 0 Å². The predicted octanol–water partition coefficient (Wildman–Crippen LogP) is 4.21. The molecule has 5 rings (SSSR count). The van der Waals surface area contributed by atoms with Gasteiger partial charge >= 0.3 is 0 Å². The van der Waals surface area contributed by atoms with E-state index in [0.29, 0.717) is 18.9 Å². The molecule has 0 radical (unpaired) electrons. The van der Waals surface area contributed by atoms with Crippen molar-refractivity contribution in [1.29, 1.82) is 0 Å². The van der Waals surface area contributed by atoms with E-state index in [9.17, 15) is 9.59 Å². The standard InChI is InChI=1S/C24H28N4O2S/c1-16-9-11-17(12-10-16)25-23(30)24(2)15-27-20-8-4-3-7-19(20)26-21(27)22(29)28(24)14-18-6-5-13-31-18/h3-8,13,16-17H,9-12,14-15H2,1-2H3,(H,25,30)/t16?,17?,24-/m1/s1. The van der Waals surface area contributed by atoms with Gasteiger partial charge in [-0.15, -0.1) is 11.3 Å². The maximum Gasteiger partial charge on any atom is 0.291 e. The maximum absolute atomic E-state index is 13.7. The van der Waals surface area contributed by atoms with E-state index in [2.05, 4.69) is 17.2 Å². The minimum absolute atomic E-state index is 0.0691. The van der Waals surface area contributed by atoms with Crippen molar-refractivity contribution in [2.45, 2.75) is 64.2 Å². The summed E-state index contributed by atoms with van der Waals surface area (Å²) in [4.78, 5) is 34.7. The summed E-state index contributed by atoms with van der Waals surface area (Å²) in [5, 5.41) is 5.29. The van der Waals surface area contributed by atoms with Crippen molar-refractivity contribution >= 4 is 34.2 Å². The third kappa shape index (κ3) is 3.55. The number of rotatable bonds is 4. The highest BCUT2D eigenvalue weighted by atomic mass is 32.1. The first-order valence-corrected chi connectivity index (χ1v) is 11.9. The van der Waals surface area contributed by atoms with E-state index in [-0.39, 0.29) is 17.9 Å². The molecular weight excluding hydrogens is 408 g/mol. The van der Waals surface area contributed by atoms with E-state index in [1.165, 1.54) is 0 Å². The molecule has 31 heavy (non-hydrogen) atoms. The molecule has 0 saturated heterocycles. The highest BCUT2D eigenvalue weighted by molar-refractivity contribution is 7.09. The van der Waals surface area contributed by atoms with Crippen molar-refractivity contribution in [3.63, 3.8) is 0 Å². The number of nitrogens with zero attached hydrogens (tertiary/aromatic N) is 3. The summed E-state index contributed by atoms with van der Waals surface area (Å²) in [6.45, 7) is 4.98. The fraction of sp³-hybridized carbons (Fsp3) is 0.458. The molecule has 1 fully saturated rings. The summed E-state index contributed by atoms with van der Waals surface area (Å²) < 4.78 is 1.92. The van der Waals surface area contributed by atoms with Gasteiger partial charge in [0.25, 0.3) is 5.91 Å². The van der Waals surface area contributed by atoms with Gasteiger partial charge in [0.05, 0.1) is 24.1 Å². The molecule has 1 aromatic carbocycles. The van der Waals surface area contributed by atoms with Crippen molar-refractivity contribution in [3.05, 3.63) is 52.5 Å². The first kappa shape index (κ1) is 20.2. The number of aromatic nitrogens is 2. The number of imidazole rings is 1. The highest BCUT2D eigenvalue weighted by Gasteiger charge is 2.49. The van der Waals surface area contributed by atoms with Crippen molar-refractivity contribution < 1.29 is 9.59 Å². The topological polar surface area (TPSA) is 67.2 Å². The zero-order valence-electron chi connectivity index (χ0n) is 18.0. The lowest BCUT2D eigenvalue weighted by Crippen LogP contribution is -2.64. The maximum atomic E-state index is 13.7. The quantitative estimate of drug-likeness (QED) is 0.666. The molecule has 1 saturated carbocycles. The van der Waals surface area contributed by atoms with Crippen molar-refractivity contribution in [2.75, 3.05) is 0 Å². The molecule has 1 aliphatic heterocycles. The van der Waals surface area contributed by atoms with Gasteiger partial charge in [0.2, 0.25) is 5.91 Å². The van der Waals surface area contributed by atoms with Gasteiger partial charge in [0.15, 0.2) is 5.82 Å². The smallest absolute Gasteiger partial charge is 0.291 e. The van der Waals surface area contributed by atoms with Crippen LogP contribution in [0, 0.1) is 5.92 Å². The van der Waals surface area contributed by atoms with Gasteiger partial charge < -0.3 is 14.8 Å². The Morgan fingerprint density at radius 3 is 2.71 bits per heavy atom. The monoisotopic (exact) mass is 436 g/mol. The Hall–Kier alpha value is -2.67. The zero-order valence-corrected chi connectivity index (χ0v) is 18.8. The molecule has 0 spiro atoms. The molecule has 3 heterocycles. The van der Waals surface area contributed by atoms with Crippen molar-refractivity contribution in [2.24, 2.45) is 5.92 Å². The molecule has 1 N–H and O–H groups in total. The first-order valence-electron chi connectivity index (χ1n) is 11.1. The summed E-state index contributed by atoms with van der Waals surface area (Å²) in [5.74, 6) is 0.871. The number of para-hydroxylation sites is 2. The third-order valence-electron chi connectivity index (χ3n) is 6.89. The van der Waals surface area contributed by atoms with Crippen molar-refractivity contribution in [3.8, 4) is 0 Å². The number of nitrogens with one attached hydrogen (secondary N) is 1. The van der Waals surface area contributed by atoms with Gasteiger partial charge in [-0.2, -0.15) is 0 Å². The molecule has 2 amide bonds. The minimum atomic E-state index is -0.986. The summed E-state index contributed by atoms with van der Waals surface area (Å²) in [6.07, 6.45) is 4.27. The number of amides is 2. The Kier molecular flexibility index (Phi) is 5.08. The fourth-order valence-corrected chi connectivity index (χ4v) is 5.57. The van der Waals surface area contributed by atoms with Gasteiger partial charge in [-0.3, -0.25) is 9.59 Å². The second-order valence-corrected chi connectivity index (χ2v) is 10.2. The normalized spacial score (nSPS) is 26.1. The molecule has 1 aliphatic carbocycles. The Morgan fingerprint density at radius 2 is 1.97 bits per heavy atom. The Labute approximate surface area is 186 Å². The van der Waals surface area contributed by atoms with Crippen LogP contribution < -0.4 is 5.32 Å². The summed E-state index contributed by atoms with van der Waals surface area (Å²) in [5.41, 5.74) is 0.695. The Morgan fingerprint density at radius 1 is 1.19 bits per heavy atom. The van der Waals surface area contributed by atoms with E-state index in [0.717, 1.165) is 47.5 Å². The van der Waals surface area contributed by atoms with E-state index >= 15 is 0 Å². The van der Waals surface area contributed by atoms with Crippen LogP contribution in [-0.4, -0.2) is 37.8 Å². The molecular formula is C24H28N4O2S. The van der Waals surface area contributed by atoms with Gasteiger partial charge in [-0.05, 0) is 62.1 Å². The molecule has 2 aromatic heterocycles. The Balaban J connectivity index is 1.51. The zero-order chi connectivity index (χ0) is 21.6. The average Bonchev–Trinajstić information content (AvgIpc) is 3.41. The van der Waals surface area contributed by atoms with Crippen LogP contribution >= 0.6 is 11.3 Å². The lowest BCUT2D eigenvalue weighted by Gasteiger charge is -2.44. The minimum Gasteiger partial charge on any atom is -0.351 e. The SMILES string of the molecule is CC1CCC(NC(=O)[C@@]2(C)Cn3c(nc4ccccc43)C(=O)N2Cc2cccs2)CC1. The van der Waals surface area contributed by atoms with Crippen LogP contribution in [0.25, 0.3) is 11.0 Å². The first-order chi connectivity index (χ1) is 15.0. The molecule has 3 aromatic rings. The molecule has 7 heteroatoms. The van der Waals surface area contributed by atoms with Crippen LogP contribution in [-0.2, 0) is 17.9 Å². The second kappa shape index (κ2) is 7.79. The molecule has 2 aliphatic rings. The third-order valence-corrected chi connectivity index (χ3v) is 7.75. The summed E-state index contributed by atoms with van der Waals surface area (Å²) >= 11 is 1.60. The average molecular weight is 437 g/mol. The fourth-order valence-electron chi connectivity index (χ4n) is 4.88. The number of fused-ring (bicyclic) bond motifs is 3. The number of carbonyl (C=O) groups excluding carboxylic acids is 2. The van der Waals surface area contributed by atoms with Crippen LogP contribution in [0.4, 0.5) is 0 Å². The van der Waals surface area contributed by atoms with Crippen LogP contribution in [0.5, 0.6) is 0 Å². The number of carbonyl (C=O) groups is 2. The largest absolute Gasteiger partial charge is 0.351 e. The lowest BCUT2D eigenvalue weighted by molar-refractivity contribution is -0.134. The van der Waals surface area contributed by atoms with Crippen LogP contribution in [0.1, 0.15) is 55.0 Å². The van der Waals surface area contributed by atoms with Crippen molar-refractivity contribution in [1.82, 2.24) is 19.8 Å². The van der Waals surface area contributed by atoms with Gasteiger partial charge in [-0.1, -0.05) is 25.1 Å². The predicted molar refractivity (Wildman–Crippen MR) is 122 cm³/mol. The van der Waals surface area contributed by atoms with E-state index < -0.39 is 5.54 Å². The summed E-state index contributed by atoms with van der Waals surface area (Å²) in [6, 6.07) is 11.9. The van der Waals surface area contributed by atoms with Gasteiger partial charge in [-0.25, -0.2) is 4.98 Å². The van der Waals surface area contributed by atoms with Gasteiger partial charge in [0, 0.05) is 10.9 Å². The number of thiophene rings is 1. The molecule has 0 unspecified atom stereocenters. The van der Waals surface area contributed by atoms with Gasteiger partial charge in [0.1, 0.15) is 5.54 Å². The van der Waals surface area contributed by atoms with Crippen LogP contribution in [0.2, 0.25) is 0 Å². The van der Waals surface area contributed by atoms with E-state index in [1.54, 1.807) is 16.2 Å². The second-order valence-electron chi connectivity index (χ2n) is 9.19. The van der Waals surface area contributed by atoms with Crippen LogP contribution in [0.3, 0.4) is 0 Å². The number of hydrogen-bond acceptors (Lipinski definition) is 4. The Bertz CT molecular complexity index is 1110. The van der Waals surface area contributed by atoms with Crippen LogP contribution in [0.15, 0.2) is 41.8 Å².